The summed E-state index contributed by atoms with van der Waals surface area (Å²) in [6, 6.07) is 5.48. The first-order chi connectivity index (χ1) is 8.05. The van der Waals surface area contributed by atoms with Gasteiger partial charge in [-0.2, -0.15) is 13.2 Å². The molecular formula is C13H14F3N. The molecule has 0 saturated heterocycles. The van der Waals surface area contributed by atoms with E-state index in [2.05, 4.69) is 11.4 Å². The maximum absolute atomic E-state index is 12.5. The van der Waals surface area contributed by atoms with Gasteiger partial charge in [0, 0.05) is 11.7 Å². The largest absolute Gasteiger partial charge is 0.416 e. The molecular weight excluding hydrogens is 227 g/mol. The summed E-state index contributed by atoms with van der Waals surface area (Å²) in [6.07, 6.45) is 2.90. The lowest BCUT2D eigenvalue weighted by atomic mass is 10.0. The molecule has 0 saturated carbocycles. The molecule has 1 atom stereocenters. The lowest BCUT2D eigenvalue weighted by molar-refractivity contribution is -0.137. The number of anilines is 1. The van der Waals surface area contributed by atoms with Crippen molar-refractivity contribution in [3.63, 3.8) is 0 Å². The Bertz CT molecular complexity index is 409. The molecule has 0 radical (unpaired) electrons. The molecule has 17 heavy (non-hydrogen) atoms. The van der Waals surface area contributed by atoms with Crippen molar-refractivity contribution in [2.75, 3.05) is 5.32 Å². The normalized spacial score (nSPS) is 20.3. The van der Waals surface area contributed by atoms with Crippen molar-refractivity contribution in [2.45, 2.75) is 31.5 Å². The van der Waals surface area contributed by atoms with Crippen LogP contribution in [-0.4, -0.2) is 6.04 Å². The summed E-state index contributed by atoms with van der Waals surface area (Å²) >= 11 is 0. The van der Waals surface area contributed by atoms with Crippen LogP contribution in [0.4, 0.5) is 18.9 Å². The van der Waals surface area contributed by atoms with Gasteiger partial charge in [0.25, 0.3) is 0 Å². The summed E-state index contributed by atoms with van der Waals surface area (Å²) in [5, 5.41) is 3.11. The monoisotopic (exact) mass is 241 g/mol. The van der Waals surface area contributed by atoms with Gasteiger partial charge in [-0.3, -0.25) is 0 Å². The SMILES string of the molecule is FC(F)(F)c1cccc(NC2C=CCCC2)c1. The maximum atomic E-state index is 12.5. The van der Waals surface area contributed by atoms with Crippen LogP contribution in [0, 0.1) is 0 Å². The molecule has 1 unspecified atom stereocenters. The van der Waals surface area contributed by atoms with Gasteiger partial charge in [0.1, 0.15) is 0 Å². The fourth-order valence-electron chi connectivity index (χ4n) is 1.93. The number of rotatable bonds is 2. The van der Waals surface area contributed by atoms with E-state index in [-0.39, 0.29) is 6.04 Å². The Balaban J connectivity index is 2.11. The molecule has 92 valence electrons. The van der Waals surface area contributed by atoms with Crippen LogP contribution in [0.1, 0.15) is 24.8 Å². The smallest absolute Gasteiger partial charge is 0.379 e. The van der Waals surface area contributed by atoms with Gasteiger partial charge in [0.2, 0.25) is 0 Å². The molecule has 1 aromatic carbocycles. The zero-order chi connectivity index (χ0) is 12.3. The standard InChI is InChI=1S/C13H14F3N/c14-13(15,16)10-5-4-8-12(9-10)17-11-6-2-1-3-7-11/h2,4-6,8-9,11,17H,1,3,7H2. The number of halogens is 3. The van der Waals surface area contributed by atoms with Crippen LogP contribution in [0.2, 0.25) is 0 Å². The molecule has 0 amide bonds. The predicted molar refractivity (Wildman–Crippen MR) is 61.8 cm³/mol. The summed E-state index contributed by atoms with van der Waals surface area (Å²) < 4.78 is 37.5. The molecule has 0 spiro atoms. The number of allylic oxidation sites excluding steroid dienone is 1. The zero-order valence-electron chi connectivity index (χ0n) is 9.30. The van der Waals surface area contributed by atoms with Crippen LogP contribution < -0.4 is 5.32 Å². The molecule has 0 heterocycles. The number of alkyl halides is 3. The van der Waals surface area contributed by atoms with Crippen molar-refractivity contribution < 1.29 is 13.2 Å². The van der Waals surface area contributed by atoms with Crippen LogP contribution in [0.5, 0.6) is 0 Å². The minimum Gasteiger partial charge on any atom is -0.379 e. The Kier molecular flexibility index (Phi) is 3.41. The molecule has 1 aliphatic rings. The van der Waals surface area contributed by atoms with E-state index >= 15 is 0 Å². The summed E-state index contributed by atoms with van der Waals surface area (Å²) in [5.74, 6) is 0. The Labute approximate surface area is 98.3 Å². The number of benzene rings is 1. The summed E-state index contributed by atoms with van der Waals surface area (Å²) in [4.78, 5) is 0. The number of hydrogen-bond acceptors (Lipinski definition) is 1. The predicted octanol–water partition coefficient (Wildman–Crippen LogP) is 4.23. The van der Waals surface area contributed by atoms with Gasteiger partial charge in [0.15, 0.2) is 0 Å². The molecule has 2 rings (SSSR count). The Morgan fingerprint density at radius 3 is 2.71 bits per heavy atom. The average molecular weight is 241 g/mol. The highest BCUT2D eigenvalue weighted by Gasteiger charge is 2.30. The average Bonchev–Trinajstić information content (AvgIpc) is 2.29. The van der Waals surface area contributed by atoms with Crippen molar-refractivity contribution in [1.29, 1.82) is 0 Å². The second-order valence-electron chi connectivity index (χ2n) is 4.19. The fourth-order valence-corrected chi connectivity index (χ4v) is 1.93. The number of nitrogens with one attached hydrogen (secondary N) is 1. The van der Waals surface area contributed by atoms with E-state index in [1.165, 1.54) is 6.07 Å². The van der Waals surface area contributed by atoms with Crippen LogP contribution in [0.3, 0.4) is 0 Å². The maximum Gasteiger partial charge on any atom is 0.416 e. The lowest BCUT2D eigenvalue weighted by Gasteiger charge is -2.19. The third-order valence-electron chi connectivity index (χ3n) is 2.80. The van der Waals surface area contributed by atoms with Crippen molar-refractivity contribution in [1.82, 2.24) is 0 Å². The van der Waals surface area contributed by atoms with Crippen LogP contribution in [0.25, 0.3) is 0 Å². The van der Waals surface area contributed by atoms with E-state index in [4.69, 9.17) is 0 Å². The quantitative estimate of drug-likeness (QED) is 0.764. The first-order valence-electron chi connectivity index (χ1n) is 5.66. The van der Waals surface area contributed by atoms with Gasteiger partial charge in [-0.25, -0.2) is 0 Å². The highest BCUT2D eigenvalue weighted by Crippen LogP contribution is 2.31. The van der Waals surface area contributed by atoms with E-state index in [0.717, 1.165) is 31.4 Å². The molecule has 1 nitrogen and oxygen atoms in total. The molecule has 0 bridgehead atoms. The lowest BCUT2D eigenvalue weighted by Crippen LogP contribution is -2.19. The topological polar surface area (TPSA) is 12.0 Å². The van der Waals surface area contributed by atoms with Crippen molar-refractivity contribution in [3.8, 4) is 0 Å². The molecule has 4 heteroatoms. The molecule has 0 aliphatic heterocycles. The van der Waals surface area contributed by atoms with Crippen molar-refractivity contribution in [3.05, 3.63) is 42.0 Å². The third-order valence-corrected chi connectivity index (χ3v) is 2.80. The zero-order valence-corrected chi connectivity index (χ0v) is 9.30. The van der Waals surface area contributed by atoms with Crippen LogP contribution in [-0.2, 0) is 6.18 Å². The van der Waals surface area contributed by atoms with Gasteiger partial charge >= 0.3 is 6.18 Å². The van der Waals surface area contributed by atoms with E-state index in [1.807, 2.05) is 6.08 Å². The van der Waals surface area contributed by atoms with Gasteiger partial charge < -0.3 is 5.32 Å². The van der Waals surface area contributed by atoms with Crippen LogP contribution >= 0.6 is 0 Å². The van der Waals surface area contributed by atoms with E-state index in [1.54, 1.807) is 6.07 Å². The van der Waals surface area contributed by atoms with Crippen molar-refractivity contribution >= 4 is 5.69 Å². The van der Waals surface area contributed by atoms with E-state index in [0.29, 0.717) is 5.69 Å². The molecule has 1 aliphatic carbocycles. The summed E-state index contributed by atoms with van der Waals surface area (Å²) in [5.41, 5.74) is -0.0846. The highest BCUT2D eigenvalue weighted by molar-refractivity contribution is 5.48. The minimum atomic E-state index is -4.28. The summed E-state index contributed by atoms with van der Waals surface area (Å²) in [7, 11) is 0. The Hall–Kier alpha value is -1.45. The molecule has 1 aromatic rings. The second kappa shape index (κ2) is 4.82. The summed E-state index contributed by atoms with van der Waals surface area (Å²) in [6.45, 7) is 0. The van der Waals surface area contributed by atoms with Gasteiger partial charge in [-0.1, -0.05) is 18.2 Å². The first kappa shape index (κ1) is 12.0. The van der Waals surface area contributed by atoms with Crippen molar-refractivity contribution in [2.24, 2.45) is 0 Å². The Morgan fingerprint density at radius 2 is 2.06 bits per heavy atom. The first-order valence-corrected chi connectivity index (χ1v) is 5.66. The minimum absolute atomic E-state index is 0.146. The van der Waals surface area contributed by atoms with E-state index < -0.39 is 11.7 Å². The van der Waals surface area contributed by atoms with Gasteiger partial charge in [-0.15, -0.1) is 0 Å². The fraction of sp³-hybridized carbons (Fsp3) is 0.385. The highest BCUT2D eigenvalue weighted by atomic mass is 19.4. The molecule has 0 aromatic heterocycles. The Morgan fingerprint density at radius 1 is 1.24 bits per heavy atom. The van der Waals surface area contributed by atoms with Crippen LogP contribution in [0.15, 0.2) is 36.4 Å². The van der Waals surface area contributed by atoms with Gasteiger partial charge in [0.05, 0.1) is 5.56 Å². The van der Waals surface area contributed by atoms with E-state index in [9.17, 15) is 13.2 Å². The molecule has 1 N–H and O–H groups in total. The second-order valence-corrected chi connectivity index (χ2v) is 4.19. The number of hydrogen-bond donors (Lipinski definition) is 1. The third kappa shape index (κ3) is 3.25. The molecule has 0 fully saturated rings. The van der Waals surface area contributed by atoms with Gasteiger partial charge in [-0.05, 0) is 37.5 Å².